The largest absolute Gasteiger partial charge is 0.344 e. The van der Waals surface area contributed by atoms with Crippen LogP contribution >= 0.6 is 0 Å². The number of hydrogen-bond acceptors (Lipinski definition) is 6. The van der Waals surface area contributed by atoms with Crippen molar-refractivity contribution in [2.24, 2.45) is 11.8 Å². The summed E-state index contributed by atoms with van der Waals surface area (Å²) >= 11 is 0. The molecule has 140 valence electrons. The van der Waals surface area contributed by atoms with E-state index in [9.17, 15) is 14.9 Å². The van der Waals surface area contributed by atoms with E-state index in [1.165, 1.54) is 12.1 Å². The van der Waals surface area contributed by atoms with Crippen LogP contribution in [0.1, 0.15) is 52.5 Å². The molecule has 0 bridgehead atoms. The third kappa shape index (κ3) is 4.87. The number of amides is 1. The van der Waals surface area contributed by atoms with Crippen molar-refractivity contribution < 1.29 is 14.2 Å². The molecule has 0 aliphatic heterocycles. The summed E-state index contributed by atoms with van der Waals surface area (Å²) in [6.45, 7) is 8.00. The highest BCUT2D eigenvalue weighted by atomic mass is 16.6. The number of aromatic nitrogens is 2. The van der Waals surface area contributed by atoms with E-state index in [1.54, 1.807) is 12.1 Å². The minimum atomic E-state index is -0.464. The van der Waals surface area contributed by atoms with E-state index in [0.29, 0.717) is 23.7 Å². The van der Waals surface area contributed by atoms with Gasteiger partial charge in [0.25, 0.3) is 5.69 Å². The Bertz CT molecular complexity index is 755. The highest BCUT2D eigenvalue weighted by molar-refractivity contribution is 5.76. The smallest absolute Gasteiger partial charge is 0.269 e. The minimum absolute atomic E-state index is 0.00380. The number of nitro benzene ring substituents is 1. The average Bonchev–Trinajstić information content (AvgIpc) is 3.08. The van der Waals surface area contributed by atoms with Gasteiger partial charge >= 0.3 is 0 Å². The number of nitro groups is 1. The maximum Gasteiger partial charge on any atom is 0.269 e. The van der Waals surface area contributed by atoms with Crippen molar-refractivity contribution in [2.45, 2.75) is 46.6 Å². The fourth-order valence-corrected chi connectivity index (χ4v) is 2.50. The first-order chi connectivity index (χ1) is 12.3. The summed E-state index contributed by atoms with van der Waals surface area (Å²) in [6, 6.07) is 5.56. The second-order valence-electron chi connectivity index (χ2n) is 6.79. The Morgan fingerprint density at radius 2 is 1.92 bits per heavy atom. The van der Waals surface area contributed by atoms with Crippen molar-refractivity contribution >= 4 is 11.6 Å². The lowest BCUT2D eigenvalue weighted by atomic mass is 9.98. The Hall–Kier alpha value is -2.77. The first kappa shape index (κ1) is 19.6. The number of non-ortho nitro benzene ring substituents is 1. The topological polar surface area (TPSA) is 111 Å². The molecule has 2 unspecified atom stereocenters. The van der Waals surface area contributed by atoms with Crippen molar-refractivity contribution in [1.29, 1.82) is 0 Å². The number of carbonyl (C=O) groups excluding carboxylic acids is 1. The van der Waals surface area contributed by atoms with Crippen LogP contribution in [0, 0.1) is 22.0 Å². The maximum atomic E-state index is 12.2. The molecule has 8 nitrogen and oxygen atoms in total. The zero-order chi connectivity index (χ0) is 19.3. The zero-order valence-electron chi connectivity index (χ0n) is 15.4. The van der Waals surface area contributed by atoms with Gasteiger partial charge in [-0.3, -0.25) is 14.9 Å². The first-order valence-corrected chi connectivity index (χ1v) is 8.69. The number of carbonyl (C=O) groups is 1. The molecule has 1 aromatic heterocycles. The molecule has 8 heteroatoms. The maximum absolute atomic E-state index is 12.2. The highest BCUT2D eigenvalue weighted by Crippen LogP contribution is 2.26. The van der Waals surface area contributed by atoms with Crippen molar-refractivity contribution in [3.8, 4) is 11.4 Å². The molecule has 0 spiro atoms. The van der Waals surface area contributed by atoms with Gasteiger partial charge in [0.05, 0.1) is 4.92 Å². The molecule has 0 radical (unpaired) electrons. The predicted molar refractivity (Wildman–Crippen MR) is 96.2 cm³/mol. The molecular formula is C18H24N4O4. The predicted octanol–water partition coefficient (Wildman–Crippen LogP) is 3.89. The van der Waals surface area contributed by atoms with E-state index >= 15 is 0 Å². The number of rotatable bonds is 8. The number of nitrogens with one attached hydrogen (secondary N) is 1. The zero-order valence-corrected chi connectivity index (χ0v) is 15.4. The molecule has 0 fully saturated rings. The molecule has 1 amide bonds. The first-order valence-electron chi connectivity index (χ1n) is 8.69. The molecule has 0 aliphatic rings. The third-order valence-electron chi connectivity index (χ3n) is 4.17. The van der Waals surface area contributed by atoms with Gasteiger partial charge in [-0.2, -0.15) is 4.98 Å². The summed E-state index contributed by atoms with van der Waals surface area (Å²) in [7, 11) is 0. The van der Waals surface area contributed by atoms with E-state index in [4.69, 9.17) is 4.52 Å². The Kier molecular flexibility index (Phi) is 6.43. The van der Waals surface area contributed by atoms with Gasteiger partial charge in [0, 0.05) is 24.1 Å². The van der Waals surface area contributed by atoms with Crippen LogP contribution in [0.5, 0.6) is 0 Å². The molecule has 1 N–H and O–H groups in total. The van der Waals surface area contributed by atoms with E-state index < -0.39 is 4.92 Å². The van der Waals surface area contributed by atoms with Crippen molar-refractivity contribution in [3.05, 3.63) is 40.3 Å². The van der Waals surface area contributed by atoms with Gasteiger partial charge in [-0.15, -0.1) is 0 Å². The number of hydrogen-bond donors (Lipinski definition) is 1. The molecule has 1 heterocycles. The van der Waals surface area contributed by atoms with Gasteiger partial charge in [0.15, 0.2) is 0 Å². The normalized spacial score (nSPS) is 13.4. The van der Waals surface area contributed by atoms with Gasteiger partial charge < -0.3 is 9.84 Å². The summed E-state index contributed by atoms with van der Waals surface area (Å²) in [5.41, 5.74) is 0.609. The molecule has 26 heavy (non-hydrogen) atoms. The van der Waals surface area contributed by atoms with Crippen LogP contribution in [0.15, 0.2) is 28.8 Å². The van der Waals surface area contributed by atoms with Crippen LogP contribution < -0.4 is 5.32 Å². The number of benzene rings is 1. The van der Waals surface area contributed by atoms with Gasteiger partial charge in [-0.05, 0) is 24.0 Å². The second-order valence-corrected chi connectivity index (χ2v) is 6.79. The summed E-state index contributed by atoms with van der Waals surface area (Å²) < 4.78 is 5.38. The minimum Gasteiger partial charge on any atom is -0.344 e. The molecule has 0 saturated carbocycles. The van der Waals surface area contributed by atoms with Gasteiger partial charge in [-0.25, -0.2) is 0 Å². The van der Waals surface area contributed by atoms with Gasteiger partial charge in [0.2, 0.25) is 17.6 Å². The van der Waals surface area contributed by atoms with Crippen LogP contribution in [0.4, 0.5) is 5.69 Å². The summed E-state index contributed by atoms with van der Waals surface area (Å²) in [5.74, 6) is 0.994. The van der Waals surface area contributed by atoms with E-state index in [2.05, 4.69) is 15.5 Å². The molecule has 2 atom stereocenters. The van der Waals surface area contributed by atoms with Crippen molar-refractivity contribution in [3.63, 3.8) is 0 Å². The molecular weight excluding hydrogens is 336 g/mol. The lowest BCUT2D eigenvalue weighted by molar-refractivity contribution is -0.384. The Morgan fingerprint density at radius 1 is 1.27 bits per heavy atom. The SMILES string of the molecule is CCC(C)C(NC(=O)CC(C)C)c1nc(-c2ccc([N+](=O)[O-])cc2)no1. The quantitative estimate of drug-likeness (QED) is 0.564. The van der Waals surface area contributed by atoms with E-state index in [0.717, 1.165) is 6.42 Å². The molecule has 0 aliphatic carbocycles. The van der Waals surface area contributed by atoms with E-state index in [-0.39, 0.29) is 29.5 Å². The van der Waals surface area contributed by atoms with Crippen molar-refractivity contribution in [1.82, 2.24) is 15.5 Å². The van der Waals surface area contributed by atoms with Gasteiger partial charge in [-0.1, -0.05) is 39.3 Å². The fraction of sp³-hybridized carbons (Fsp3) is 0.500. The standard InChI is InChI=1S/C18H24N4O4/c1-5-12(4)16(19-15(23)10-11(2)3)18-20-17(21-26-18)13-6-8-14(9-7-13)22(24)25/h6-9,11-12,16H,5,10H2,1-4H3,(H,19,23). The monoisotopic (exact) mass is 360 g/mol. The summed E-state index contributed by atoms with van der Waals surface area (Å²) in [4.78, 5) is 26.8. The molecule has 2 rings (SSSR count). The van der Waals surface area contributed by atoms with E-state index in [1.807, 2.05) is 27.7 Å². The Balaban J connectivity index is 2.22. The summed E-state index contributed by atoms with van der Waals surface area (Å²) in [5, 5.41) is 17.7. The Morgan fingerprint density at radius 3 is 2.46 bits per heavy atom. The lowest BCUT2D eigenvalue weighted by Gasteiger charge is -2.21. The van der Waals surface area contributed by atoms with Gasteiger partial charge in [0.1, 0.15) is 6.04 Å². The van der Waals surface area contributed by atoms with Crippen LogP contribution in [0.3, 0.4) is 0 Å². The van der Waals surface area contributed by atoms with Crippen LogP contribution in [0.25, 0.3) is 11.4 Å². The lowest BCUT2D eigenvalue weighted by Crippen LogP contribution is -2.33. The fourth-order valence-electron chi connectivity index (χ4n) is 2.50. The molecule has 1 aromatic carbocycles. The Labute approximate surface area is 152 Å². The van der Waals surface area contributed by atoms with Crippen molar-refractivity contribution in [2.75, 3.05) is 0 Å². The second kappa shape index (κ2) is 8.55. The highest BCUT2D eigenvalue weighted by Gasteiger charge is 2.26. The average molecular weight is 360 g/mol. The molecule has 2 aromatic rings. The number of nitrogens with zero attached hydrogens (tertiary/aromatic N) is 3. The van der Waals surface area contributed by atoms with Crippen LogP contribution in [0.2, 0.25) is 0 Å². The third-order valence-corrected chi connectivity index (χ3v) is 4.17. The van der Waals surface area contributed by atoms with Crippen LogP contribution in [-0.2, 0) is 4.79 Å². The van der Waals surface area contributed by atoms with Crippen LogP contribution in [-0.4, -0.2) is 21.0 Å². The molecule has 0 saturated heterocycles. The summed E-state index contributed by atoms with van der Waals surface area (Å²) in [6.07, 6.45) is 1.26.